The molecule has 0 aliphatic heterocycles. The molecule has 0 saturated carbocycles. The molecule has 0 saturated heterocycles. The van der Waals surface area contributed by atoms with E-state index in [-0.39, 0.29) is 0 Å². The minimum atomic E-state index is 0.376. The molecule has 0 fully saturated rings. The number of pyridine rings is 1. The summed E-state index contributed by atoms with van der Waals surface area (Å²) in [6, 6.07) is 1.59. The molecule has 0 spiro atoms. The highest BCUT2D eigenvalue weighted by atomic mass is 35.5. The smallest absolute Gasteiger partial charge is 0.161 e. The molecule has 0 atom stereocenters. The van der Waals surface area contributed by atoms with E-state index in [0.29, 0.717) is 48.0 Å². The Hall–Kier alpha value is -0.790. The van der Waals surface area contributed by atoms with Crippen LogP contribution in [0.2, 0.25) is 10.0 Å². The molecule has 0 amide bonds. The minimum absolute atomic E-state index is 0.376. The van der Waals surface area contributed by atoms with Crippen LogP contribution in [0.15, 0.2) is 6.07 Å². The van der Waals surface area contributed by atoms with Gasteiger partial charge in [-0.1, -0.05) is 23.2 Å². The number of hydrogen-bond acceptors (Lipinski definition) is 6. The normalized spacial score (nSPS) is 10.5. The first-order valence-corrected chi connectivity index (χ1v) is 6.57. The monoisotopic (exact) mass is 308 g/mol. The maximum absolute atomic E-state index is 6.01. The third-order valence-corrected chi connectivity index (χ3v) is 2.83. The molecule has 1 aromatic heterocycles. The SMILES string of the molecule is COCCOCCCNc1nc(NN)c(Cl)cc1Cl. The van der Waals surface area contributed by atoms with E-state index in [1.807, 2.05) is 0 Å². The lowest BCUT2D eigenvalue weighted by Gasteiger charge is -2.10. The van der Waals surface area contributed by atoms with Gasteiger partial charge in [-0.2, -0.15) is 0 Å². The van der Waals surface area contributed by atoms with Gasteiger partial charge in [-0.15, -0.1) is 0 Å². The molecule has 19 heavy (non-hydrogen) atoms. The summed E-state index contributed by atoms with van der Waals surface area (Å²) in [6.07, 6.45) is 0.829. The zero-order valence-electron chi connectivity index (χ0n) is 10.7. The summed E-state index contributed by atoms with van der Waals surface area (Å²) in [5, 5.41) is 3.92. The predicted molar refractivity (Wildman–Crippen MR) is 77.9 cm³/mol. The first-order chi connectivity index (χ1) is 9.19. The molecule has 108 valence electrons. The van der Waals surface area contributed by atoms with E-state index in [9.17, 15) is 0 Å². The zero-order chi connectivity index (χ0) is 14.1. The molecule has 0 aliphatic carbocycles. The number of nitrogens with zero attached hydrogens (tertiary/aromatic N) is 1. The van der Waals surface area contributed by atoms with E-state index in [0.717, 1.165) is 6.42 Å². The number of rotatable bonds is 9. The van der Waals surface area contributed by atoms with Gasteiger partial charge in [-0.25, -0.2) is 10.8 Å². The standard InChI is InChI=1S/C11H18Cl2N4O2/c1-18-5-6-19-4-2-3-15-10-8(12)7-9(13)11(16-10)17-14/h7H,2-6,14H2,1H3,(H2,15,16,17). The van der Waals surface area contributed by atoms with Crippen LogP contribution in [0.25, 0.3) is 0 Å². The average Bonchev–Trinajstić information content (AvgIpc) is 2.40. The maximum Gasteiger partial charge on any atom is 0.161 e. The third-order valence-electron chi connectivity index (χ3n) is 2.26. The second-order valence-electron chi connectivity index (χ2n) is 3.68. The predicted octanol–water partition coefficient (Wildman–Crippen LogP) is 2.14. The van der Waals surface area contributed by atoms with Gasteiger partial charge in [-0.05, 0) is 12.5 Å². The number of hydrogen-bond donors (Lipinski definition) is 3. The molecule has 6 nitrogen and oxygen atoms in total. The topological polar surface area (TPSA) is 81.4 Å². The molecule has 1 heterocycles. The lowest BCUT2D eigenvalue weighted by atomic mass is 10.4. The van der Waals surface area contributed by atoms with Crippen molar-refractivity contribution in [2.75, 3.05) is 44.2 Å². The summed E-state index contributed by atoms with van der Waals surface area (Å²) in [5.41, 5.74) is 2.41. The maximum atomic E-state index is 6.01. The number of methoxy groups -OCH3 is 1. The van der Waals surface area contributed by atoms with Crippen LogP contribution in [0, 0.1) is 0 Å². The molecular formula is C11H18Cl2N4O2. The Morgan fingerprint density at radius 3 is 2.63 bits per heavy atom. The minimum Gasteiger partial charge on any atom is -0.382 e. The number of aromatic nitrogens is 1. The fourth-order valence-electron chi connectivity index (χ4n) is 1.32. The summed E-state index contributed by atoms with van der Waals surface area (Å²) < 4.78 is 10.2. The van der Waals surface area contributed by atoms with E-state index in [1.165, 1.54) is 0 Å². The molecule has 0 unspecified atom stereocenters. The van der Waals surface area contributed by atoms with Crippen LogP contribution in [0.3, 0.4) is 0 Å². The quantitative estimate of drug-likeness (QED) is 0.368. The molecular weight excluding hydrogens is 291 g/mol. The molecule has 0 aromatic carbocycles. The second-order valence-corrected chi connectivity index (χ2v) is 4.49. The number of hydrazine groups is 1. The first-order valence-electron chi connectivity index (χ1n) is 5.82. The number of ether oxygens (including phenoxy) is 2. The summed E-state index contributed by atoms with van der Waals surface area (Å²) >= 11 is 11.9. The Bertz CT molecular complexity index is 393. The molecule has 8 heteroatoms. The van der Waals surface area contributed by atoms with Gasteiger partial charge in [0.25, 0.3) is 0 Å². The van der Waals surface area contributed by atoms with Crippen LogP contribution >= 0.6 is 23.2 Å². The van der Waals surface area contributed by atoms with Gasteiger partial charge in [0.15, 0.2) is 5.82 Å². The van der Waals surface area contributed by atoms with Gasteiger partial charge in [0.2, 0.25) is 0 Å². The van der Waals surface area contributed by atoms with E-state index in [2.05, 4.69) is 15.7 Å². The van der Waals surface area contributed by atoms with Crippen molar-refractivity contribution in [2.24, 2.45) is 5.84 Å². The van der Waals surface area contributed by atoms with Gasteiger partial charge in [0.1, 0.15) is 5.82 Å². The fraction of sp³-hybridized carbons (Fsp3) is 0.545. The van der Waals surface area contributed by atoms with Crippen molar-refractivity contribution < 1.29 is 9.47 Å². The number of anilines is 2. The first kappa shape index (κ1) is 16.3. The lowest BCUT2D eigenvalue weighted by molar-refractivity contribution is 0.0705. The van der Waals surface area contributed by atoms with Crippen molar-refractivity contribution in [1.29, 1.82) is 0 Å². The number of nitrogens with one attached hydrogen (secondary N) is 2. The summed E-state index contributed by atoms with van der Waals surface area (Å²) in [4.78, 5) is 4.17. The van der Waals surface area contributed by atoms with Gasteiger partial charge in [0, 0.05) is 20.3 Å². The molecule has 1 rings (SSSR count). The highest BCUT2D eigenvalue weighted by Gasteiger charge is 2.07. The van der Waals surface area contributed by atoms with Crippen LogP contribution < -0.4 is 16.6 Å². The summed E-state index contributed by atoms with van der Waals surface area (Å²) in [7, 11) is 1.64. The fourth-order valence-corrected chi connectivity index (χ4v) is 1.80. The number of halogens is 2. The van der Waals surface area contributed by atoms with E-state index >= 15 is 0 Å². The summed E-state index contributed by atoms with van der Waals surface area (Å²) in [6.45, 7) is 2.52. The summed E-state index contributed by atoms with van der Waals surface area (Å²) in [5.74, 6) is 6.21. The van der Waals surface area contributed by atoms with Crippen molar-refractivity contribution in [2.45, 2.75) is 6.42 Å². The second kappa shape index (κ2) is 9.17. The van der Waals surface area contributed by atoms with Crippen LogP contribution in [-0.2, 0) is 9.47 Å². The van der Waals surface area contributed by atoms with Gasteiger partial charge in [-0.3, -0.25) is 0 Å². The Balaban J connectivity index is 2.33. The van der Waals surface area contributed by atoms with Crippen LogP contribution in [-0.4, -0.2) is 38.5 Å². The van der Waals surface area contributed by atoms with E-state index in [4.69, 9.17) is 38.5 Å². The molecule has 0 radical (unpaired) electrons. The van der Waals surface area contributed by atoms with E-state index < -0.39 is 0 Å². The van der Waals surface area contributed by atoms with Crippen LogP contribution in [0.5, 0.6) is 0 Å². The number of nitrogen functional groups attached to an aromatic ring is 1. The Morgan fingerprint density at radius 1 is 1.21 bits per heavy atom. The van der Waals surface area contributed by atoms with Gasteiger partial charge >= 0.3 is 0 Å². The van der Waals surface area contributed by atoms with Crippen molar-refractivity contribution in [1.82, 2.24) is 4.98 Å². The van der Waals surface area contributed by atoms with Crippen LogP contribution in [0.1, 0.15) is 6.42 Å². The van der Waals surface area contributed by atoms with Crippen molar-refractivity contribution in [3.8, 4) is 0 Å². The van der Waals surface area contributed by atoms with Crippen molar-refractivity contribution >= 4 is 34.8 Å². The third kappa shape index (κ3) is 5.80. The Labute approximate surface area is 122 Å². The largest absolute Gasteiger partial charge is 0.382 e. The Kier molecular flexibility index (Phi) is 7.85. The lowest BCUT2D eigenvalue weighted by Crippen LogP contribution is -2.12. The Morgan fingerprint density at radius 2 is 1.95 bits per heavy atom. The molecule has 1 aromatic rings. The highest BCUT2D eigenvalue weighted by Crippen LogP contribution is 2.28. The van der Waals surface area contributed by atoms with E-state index in [1.54, 1.807) is 13.2 Å². The van der Waals surface area contributed by atoms with Crippen molar-refractivity contribution in [3.63, 3.8) is 0 Å². The molecule has 0 bridgehead atoms. The van der Waals surface area contributed by atoms with Gasteiger partial charge in [0.05, 0.1) is 23.3 Å². The molecule has 4 N–H and O–H groups in total. The highest BCUT2D eigenvalue weighted by molar-refractivity contribution is 6.37. The van der Waals surface area contributed by atoms with Crippen molar-refractivity contribution in [3.05, 3.63) is 16.1 Å². The molecule has 0 aliphatic rings. The van der Waals surface area contributed by atoms with Crippen LogP contribution in [0.4, 0.5) is 11.6 Å². The average molecular weight is 309 g/mol. The zero-order valence-corrected chi connectivity index (χ0v) is 12.2. The van der Waals surface area contributed by atoms with Gasteiger partial charge < -0.3 is 20.2 Å². The number of nitrogens with two attached hydrogens (primary N) is 1.